The minimum absolute atomic E-state index is 0.0413. The summed E-state index contributed by atoms with van der Waals surface area (Å²) in [5.41, 5.74) is 6.00. The molecule has 3 heteroatoms. The third-order valence-corrected chi connectivity index (χ3v) is 5.61. The minimum Gasteiger partial charge on any atom is -0.507 e. The van der Waals surface area contributed by atoms with Gasteiger partial charge in [-0.2, -0.15) is 0 Å². The lowest BCUT2D eigenvalue weighted by Gasteiger charge is -2.31. The molecule has 28 heavy (non-hydrogen) atoms. The van der Waals surface area contributed by atoms with Crippen molar-refractivity contribution in [1.29, 1.82) is 0 Å². The van der Waals surface area contributed by atoms with Crippen LogP contribution in [0.25, 0.3) is 11.1 Å². The largest absolute Gasteiger partial charge is 0.507 e. The van der Waals surface area contributed by atoms with Crippen LogP contribution in [0, 0.1) is 5.92 Å². The first kappa shape index (κ1) is 20.2. The van der Waals surface area contributed by atoms with Crippen LogP contribution in [0.1, 0.15) is 43.7 Å². The molecule has 0 bridgehead atoms. The van der Waals surface area contributed by atoms with Crippen LogP contribution in [0.2, 0.25) is 0 Å². The third-order valence-electron chi connectivity index (χ3n) is 5.61. The zero-order valence-electron chi connectivity index (χ0n) is 17.4. The van der Waals surface area contributed by atoms with Crippen LogP contribution in [0.5, 0.6) is 11.5 Å². The quantitative estimate of drug-likeness (QED) is 0.643. The van der Waals surface area contributed by atoms with E-state index in [9.17, 15) is 10.2 Å². The molecule has 2 aromatic carbocycles. The maximum absolute atomic E-state index is 10.9. The van der Waals surface area contributed by atoms with Crippen LogP contribution in [0.4, 0.5) is 0 Å². The van der Waals surface area contributed by atoms with Crippen molar-refractivity contribution in [2.45, 2.75) is 39.2 Å². The van der Waals surface area contributed by atoms with Gasteiger partial charge in [0, 0.05) is 18.0 Å². The van der Waals surface area contributed by atoms with Gasteiger partial charge in [-0.3, -0.25) is 0 Å². The van der Waals surface area contributed by atoms with Crippen molar-refractivity contribution in [3.05, 3.63) is 71.3 Å². The van der Waals surface area contributed by atoms with Crippen LogP contribution in [0.3, 0.4) is 0 Å². The molecule has 0 fully saturated rings. The molecule has 0 heterocycles. The molecule has 2 N–H and O–H groups in total. The predicted molar refractivity (Wildman–Crippen MR) is 117 cm³/mol. The highest BCUT2D eigenvalue weighted by Gasteiger charge is 2.30. The number of nitrogens with zero attached hydrogens (tertiary/aromatic N) is 1. The Labute approximate surface area is 168 Å². The van der Waals surface area contributed by atoms with Crippen molar-refractivity contribution < 1.29 is 10.2 Å². The van der Waals surface area contributed by atoms with Crippen molar-refractivity contribution in [3.63, 3.8) is 0 Å². The smallest absolute Gasteiger partial charge is 0.123 e. The summed E-state index contributed by atoms with van der Waals surface area (Å²) in [5.74, 6) is 0.487. The molecule has 148 valence electrons. The summed E-state index contributed by atoms with van der Waals surface area (Å²) in [4.78, 5) is 2.12. The van der Waals surface area contributed by atoms with Crippen LogP contribution >= 0.6 is 0 Å². The van der Waals surface area contributed by atoms with Gasteiger partial charge in [0.25, 0.3) is 0 Å². The van der Waals surface area contributed by atoms with E-state index >= 15 is 0 Å². The maximum Gasteiger partial charge on any atom is 0.123 e. The van der Waals surface area contributed by atoms with E-state index in [-0.39, 0.29) is 23.3 Å². The highest BCUT2D eigenvalue weighted by Crippen LogP contribution is 2.47. The molecule has 2 atom stereocenters. The monoisotopic (exact) mass is 377 g/mol. The summed E-state index contributed by atoms with van der Waals surface area (Å²) in [6.07, 6.45) is 4.21. The number of benzene rings is 2. The van der Waals surface area contributed by atoms with Crippen molar-refractivity contribution in [3.8, 4) is 22.6 Å². The molecule has 0 unspecified atom stereocenters. The Balaban J connectivity index is 2.02. The summed E-state index contributed by atoms with van der Waals surface area (Å²) in [7, 11) is 4.08. The average molecular weight is 378 g/mol. The number of phenols is 2. The van der Waals surface area contributed by atoms with E-state index in [4.69, 9.17) is 0 Å². The first-order chi connectivity index (χ1) is 13.3. The zero-order chi connectivity index (χ0) is 20.4. The van der Waals surface area contributed by atoms with Gasteiger partial charge >= 0.3 is 0 Å². The Morgan fingerprint density at radius 1 is 1.11 bits per heavy atom. The molecule has 3 rings (SSSR count). The fourth-order valence-electron chi connectivity index (χ4n) is 4.25. The second-order valence-corrected chi connectivity index (χ2v) is 8.40. The van der Waals surface area contributed by atoms with Gasteiger partial charge in [-0.15, -0.1) is 0 Å². The van der Waals surface area contributed by atoms with Gasteiger partial charge in [-0.1, -0.05) is 42.0 Å². The molecule has 3 nitrogen and oxygen atoms in total. The van der Waals surface area contributed by atoms with Crippen LogP contribution in [-0.4, -0.2) is 29.2 Å². The maximum atomic E-state index is 10.9. The number of rotatable bonds is 5. The van der Waals surface area contributed by atoms with E-state index in [1.54, 1.807) is 12.1 Å². The van der Waals surface area contributed by atoms with Gasteiger partial charge in [0.05, 0.1) is 0 Å². The molecule has 0 saturated heterocycles. The molecule has 2 aromatic rings. The normalized spacial score (nSPS) is 19.5. The Hall–Kier alpha value is -2.52. The molecule has 0 aliphatic heterocycles. The van der Waals surface area contributed by atoms with Crippen molar-refractivity contribution in [2.24, 2.45) is 5.92 Å². The predicted octanol–water partition coefficient (Wildman–Crippen LogP) is 5.84. The SMILES string of the molecule is C=C(C)[C@@H]1CCC(C)=C[C@H]1c1c(O)cc(-c2cccc(CN(C)C)c2)cc1O. The molecule has 0 saturated carbocycles. The van der Waals surface area contributed by atoms with Gasteiger partial charge in [0.15, 0.2) is 0 Å². The van der Waals surface area contributed by atoms with E-state index in [1.165, 1.54) is 11.1 Å². The Morgan fingerprint density at radius 3 is 2.39 bits per heavy atom. The number of aromatic hydroxyl groups is 2. The number of hydrogen-bond acceptors (Lipinski definition) is 3. The summed E-state index contributed by atoms with van der Waals surface area (Å²) in [6, 6.07) is 11.8. The van der Waals surface area contributed by atoms with Crippen LogP contribution < -0.4 is 0 Å². The fourth-order valence-corrected chi connectivity index (χ4v) is 4.25. The number of phenolic OH excluding ortho intramolecular Hbond substituents is 2. The first-order valence-corrected chi connectivity index (χ1v) is 9.89. The zero-order valence-corrected chi connectivity index (χ0v) is 17.4. The summed E-state index contributed by atoms with van der Waals surface area (Å²) >= 11 is 0. The van der Waals surface area contributed by atoms with Gasteiger partial charge in [-0.05, 0) is 81.6 Å². The second-order valence-electron chi connectivity index (χ2n) is 8.40. The summed E-state index contributed by atoms with van der Waals surface area (Å²) in [6.45, 7) is 9.13. The molecule has 0 spiro atoms. The van der Waals surface area contributed by atoms with E-state index in [0.29, 0.717) is 5.56 Å². The van der Waals surface area contributed by atoms with E-state index < -0.39 is 0 Å². The Bertz CT molecular complexity index is 888. The third kappa shape index (κ3) is 4.31. The molecule has 1 aliphatic carbocycles. The second kappa shape index (κ2) is 8.24. The molecule has 0 radical (unpaired) electrons. The summed E-state index contributed by atoms with van der Waals surface area (Å²) < 4.78 is 0. The molecule has 0 amide bonds. The molecule has 0 aromatic heterocycles. The van der Waals surface area contributed by atoms with E-state index in [2.05, 4.69) is 36.6 Å². The number of allylic oxidation sites excluding steroid dienone is 3. The van der Waals surface area contributed by atoms with Gasteiger partial charge in [-0.25, -0.2) is 0 Å². The van der Waals surface area contributed by atoms with Gasteiger partial charge < -0.3 is 15.1 Å². The lowest BCUT2D eigenvalue weighted by molar-refractivity contribution is 0.402. The van der Waals surface area contributed by atoms with Crippen molar-refractivity contribution >= 4 is 0 Å². The topological polar surface area (TPSA) is 43.7 Å². The fraction of sp³-hybridized carbons (Fsp3) is 0.360. The molecule has 1 aliphatic rings. The van der Waals surface area contributed by atoms with E-state index in [1.807, 2.05) is 33.2 Å². The Morgan fingerprint density at radius 2 is 1.79 bits per heavy atom. The van der Waals surface area contributed by atoms with Crippen molar-refractivity contribution in [2.75, 3.05) is 14.1 Å². The van der Waals surface area contributed by atoms with E-state index in [0.717, 1.165) is 36.1 Å². The Kier molecular flexibility index (Phi) is 5.95. The first-order valence-electron chi connectivity index (χ1n) is 9.89. The molecular formula is C25H31NO2. The number of hydrogen-bond donors (Lipinski definition) is 2. The average Bonchev–Trinajstić information content (AvgIpc) is 2.60. The molecular weight excluding hydrogens is 346 g/mol. The lowest BCUT2D eigenvalue weighted by atomic mass is 9.73. The summed E-state index contributed by atoms with van der Waals surface area (Å²) in [5, 5.41) is 21.7. The van der Waals surface area contributed by atoms with Gasteiger partial charge in [0.1, 0.15) is 11.5 Å². The van der Waals surface area contributed by atoms with Crippen LogP contribution in [-0.2, 0) is 6.54 Å². The lowest BCUT2D eigenvalue weighted by Crippen LogP contribution is -2.17. The van der Waals surface area contributed by atoms with Crippen molar-refractivity contribution in [1.82, 2.24) is 4.90 Å². The highest BCUT2D eigenvalue weighted by atomic mass is 16.3. The minimum atomic E-state index is -0.0413. The van der Waals surface area contributed by atoms with Gasteiger partial charge in [0.2, 0.25) is 0 Å². The standard InChI is InChI=1S/C25H31NO2/c1-16(2)21-10-9-17(3)11-22(21)25-23(27)13-20(14-24(25)28)19-8-6-7-18(12-19)15-26(4)5/h6-8,11-14,21-22,27-28H,1,9-10,15H2,2-5H3/t21-,22+/m0/s1. The van der Waals surface area contributed by atoms with Crippen LogP contribution in [0.15, 0.2) is 60.2 Å². The highest BCUT2D eigenvalue weighted by molar-refractivity contribution is 5.70.